The molecule has 21 heavy (non-hydrogen) atoms. The molecule has 0 amide bonds. The monoisotopic (exact) mass is 301 g/mol. The van der Waals surface area contributed by atoms with Crippen LogP contribution in [0.5, 0.6) is 11.5 Å². The van der Waals surface area contributed by atoms with Crippen LogP contribution in [0.4, 0.5) is 0 Å². The molecule has 4 rings (SSSR count). The maximum absolute atomic E-state index is 12.7. The normalized spacial score (nSPS) is 13.7. The van der Waals surface area contributed by atoms with Crippen LogP contribution < -0.4 is 9.47 Å². The Hall–Kier alpha value is -2.47. The third-order valence-corrected chi connectivity index (χ3v) is 5.15. The predicted molar refractivity (Wildman–Crippen MR) is 77.1 cm³/mol. The summed E-state index contributed by atoms with van der Waals surface area (Å²) in [7, 11) is -3.62. The number of hydrogen-bond donors (Lipinski definition) is 0. The first-order valence-electron chi connectivity index (χ1n) is 6.37. The highest BCUT2D eigenvalue weighted by Crippen LogP contribution is 2.37. The molecule has 3 aromatic rings. The van der Waals surface area contributed by atoms with Crippen molar-refractivity contribution in [2.75, 3.05) is 6.79 Å². The van der Waals surface area contributed by atoms with Gasteiger partial charge in [-0.15, -0.1) is 0 Å². The van der Waals surface area contributed by atoms with Gasteiger partial charge in [-0.3, -0.25) is 0 Å². The van der Waals surface area contributed by atoms with Crippen molar-refractivity contribution in [3.05, 3.63) is 54.7 Å². The van der Waals surface area contributed by atoms with Gasteiger partial charge in [0.1, 0.15) is 0 Å². The van der Waals surface area contributed by atoms with Crippen molar-refractivity contribution in [2.45, 2.75) is 4.90 Å². The van der Waals surface area contributed by atoms with Crippen LogP contribution in [-0.4, -0.2) is 19.2 Å². The lowest BCUT2D eigenvalue weighted by Crippen LogP contribution is -2.11. The van der Waals surface area contributed by atoms with E-state index < -0.39 is 10.0 Å². The summed E-state index contributed by atoms with van der Waals surface area (Å²) < 4.78 is 37.3. The number of ether oxygens (including phenoxy) is 2. The van der Waals surface area contributed by atoms with Crippen LogP contribution in [0.3, 0.4) is 0 Å². The smallest absolute Gasteiger partial charge is 0.268 e. The average Bonchev–Trinajstić information content (AvgIpc) is 3.11. The number of hydrogen-bond acceptors (Lipinski definition) is 4. The van der Waals surface area contributed by atoms with E-state index in [1.54, 1.807) is 54.7 Å². The molecule has 1 aromatic heterocycles. The average molecular weight is 301 g/mol. The second-order valence-electron chi connectivity index (χ2n) is 4.69. The summed E-state index contributed by atoms with van der Waals surface area (Å²) in [5.41, 5.74) is 0.572. The van der Waals surface area contributed by atoms with E-state index in [9.17, 15) is 8.42 Å². The number of nitrogens with zero attached hydrogens (tertiary/aromatic N) is 1. The number of aromatic nitrogens is 1. The largest absolute Gasteiger partial charge is 0.454 e. The van der Waals surface area contributed by atoms with Crippen molar-refractivity contribution in [3.63, 3.8) is 0 Å². The molecule has 0 unspecified atom stereocenters. The summed E-state index contributed by atoms with van der Waals surface area (Å²) in [6.07, 6.45) is 1.54. The van der Waals surface area contributed by atoms with E-state index in [2.05, 4.69) is 0 Å². The Morgan fingerprint density at radius 3 is 2.43 bits per heavy atom. The van der Waals surface area contributed by atoms with Gasteiger partial charge in [0.05, 0.1) is 10.4 Å². The number of benzene rings is 2. The van der Waals surface area contributed by atoms with E-state index >= 15 is 0 Å². The van der Waals surface area contributed by atoms with Gasteiger partial charge in [0.15, 0.2) is 11.5 Å². The van der Waals surface area contributed by atoms with Gasteiger partial charge in [-0.1, -0.05) is 18.2 Å². The Bertz CT molecular complexity index is 929. The van der Waals surface area contributed by atoms with Crippen LogP contribution in [0.2, 0.25) is 0 Å². The van der Waals surface area contributed by atoms with Crippen LogP contribution in [-0.2, 0) is 10.0 Å². The van der Waals surface area contributed by atoms with E-state index in [4.69, 9.17) is 9.47 Å². The molecule has 0 radical (unpaired) electrons. The highest BCUT2D eigenvalue weighted by molar-refractivity contribution is 7.90. The maximum Gasteiger partial charge on any atom is 0.268 e. The van der Waals surface area contributed by atoms with Gasteiger partial charge < -0.3 is 9.47 Å². The maximum atomic E-state index is 12.7. The highest BCUT2D eigenvalue weighted by atomic mass is 32.2. The van der Waals surface area contributed by atoms with Crippen molar-refractivity contribution in [3.8, 4) is 11.5 Å². The van der Waals surface area contributed by atoms with E-state index in [1.165, 1.54) is 3.97 Å². The molecule has 2 heterocycles. The van der Waals surface area contributed by atoms with E-state index in [0.29, 0.717) is 17.0 Å². The van der Waals surface area contributed by atoms with Gasteiger partial charge in [-0.2, -0.15) is 0 Å². The SMILES string of the molecule is O=S(=O)(c1ccccc1)n1ccc2cc3c(cc21)OCO3. The van der Waals surface area contributed by atoms with E-state index in [0.717, 1.165) is 5.39 Å². The standard InChI is InChI=1S/C15H11NO4S/c17-21(18,12-4-2-1-3-5-12)16-7-6-11-8-14-15(9-13(11)16)20-10-19-14/h1-9H,10H2. The fourth-order valence-corrected chi connectivity index (χ4v) is 3.78. The molecule has 1 aliphatic heterocycles. The van der Waals surface area contributed by atoms with Crippen molar-refractivity contribution < 1.29 is 17.9 Å². The van der Waals surface area contributed by atoms with Gasteiger partial charge in [0.25, 0.3) is 10.0 Å². The molecule has 0 fully saturated rings. The Labute approximate surface area is 121 Å². The van der Waals surface area contributed by atoms with Crippen molar-refractivity contribution in [1.29, 1.82) is 0 Å². The molecular formula is C15H11NO4S. The van der Waals surface area contributed by atoms with E-state index in [-0.39, 0.29) is 11.7 Å². The first kappa shape index (κ1) is 12.3. The molecule has 0 N–H and O–H groups in total. The summed E-state index contributed by atoms with van der Waals surface area (Å²) in [6, 6.07) is 13.6. The van der Waals surface area contributed by atoms with Gasteiger partial charge in [0, 0.05) is 17.6 Å². The first-order chi connectivity index (χ1) is 10.2. The molecule has 1 aliphatic rings. The summed E-state index contributed by atoms with van der Waals surface area (Å²) in [5.74, 6) is 1.20. The zero-order valence-electron chi connectivity index (χ0n) is 10.9. The lowest BCUT2D eigenvalue weighted by molar-refractivity contribution is 0.174. The summed E-state index contributed by atoms with van der Waals surface area (Å²) in [5, 5.41) is 0.791. The predicted octanol–water partition coefficient (Wildman–Crippen LogP) is 2.61. The van der Waals surface area contributed by atoms with E-state index in [1.807, 2.05) is 0 Å². The highest BCUT2D eigenvalue weighted by Gasteiger charge is 2.21. The van der Waals surface area contributed by atoms with Crippen molar-refractivity contribution in [2.24, 2.45) is 0 Å². The molecule has 5 nitrogen and oxygen atoms in total. The fourth-order valence-electron chi connectivity index (χ4n) is 2.42. The third-order valence-electron chi connectivity index (χ3n) is 3.45. The Balaban J connectivity index is 1.95. The molecule has 0 spiro atoms. The van der Waals surface area contributed by atoms with Crippen molar-refractivity contribution >= 4 is 20.9 Å². The molecular weight excluding hydrogens is 290 g/mol. The number of rotatable bonds is 2. The van der Waals surface area contributed by atoms with Gasteiger partial charge in [0.2, 0.25) is 6.79 Å². The molecule has 0 atom stereocenters. The van der Waals surface area contributed by atoms with Crippen LogP contribution in [0.1, 0.15) is 0 Å². The first-order valence-corrected chi connectivity index (χ1v) is 7.81. The zero-order chi connectivity index (χ0) is 14.4. The minimum absolute atomic E-state index is 0.160. The van der Waals surface area contributed by atoms with Gasteiger partial charge >= 0.3 is 0 Å². The summed E-state index contributed by atoms with van der Waals surface area (Å²) in [4.78, 5) is 0.250. The Morgan fingerprint density at radius 1 is 0.952 bits per heavy atom. The lowest BCUT2D eigenvalue weighted by atomic mass is 10.2. The fraction of sp³-hybridized carbons (Fsp3) is 0.0667. The summed E-state index contributed by atoms with van der Waals surface area (Å²) in [6.45, 7) is 0.160. The second-order valence-corrected chi connectivity index (χ2v) is 6.51. The minimum atomic E-state index is -3.62. The lowest BCUT2D eigenvalue weighted by Gasteiger charge is -2.07. The zero-order valence-corrected chi connectivity index (χ0v) is 11.7. The van der Waals surface area contributed by atoms with Crippen LogP contribution in [0, 0.1) is 0 Å². The molecule has 6 heteroatoms. The molecule has 0 aliphatic carbocycles. The molecule has 0 saturated heterocycles. The molecule has 0 bridgehead atoms. The second kappa shape index (κ2) is 4.26. The molecule has 0 saturated carbocycles. The Kier molecular flexibility index (Phi) is 2.49. The van der Waals surface area contributed by atoms with Crippen molar-refractivity contribution in [1.82, 2.24) is 3.97 Å². The van der Waals surface area contributed by atoms with Gasteiger partial charge in [-0.05, 0) is 24.3 Å². The molecule has 106 valence electrons. The van der Waals surface area contributed by atoms with Crippen LogP contribution in [0.25, 0.3) is 10.9 Å². The quantitative estimate of drug-likeness (QED) is 0.730. The summed E-state index contributed by atoms with van der Waals surface area (Å²) >= 11 is 0. The minimum Gasteiger partial charge on any atom is -0.454 e. The Morgan fingerprint density at radius 2 is 1.67 bits per heavy atom. The van der Waals surface area contributed by atoms with Crippen LogP contribution >= 0.6 is 0 Å². The number of fused-ring (bicyclic) bond motifs is 2. The third kappa shape index (κ3) is 1.80. The molecule has 2 aromatic carbocycles. The van der Waals surface area contributed by atoms with Gasteiger partial charge in [-0.25, -0.2) is 12.4 Å². The van der Waals surface area contributed by atoms with Crippen LogP contribution in [0.15, 0.2) is 59.6 Å². The topological polar surface area (TPSA) is 57.5 Å².